The summed E-state index contributed by atoms with van der Waals surface area (Å²) in [6.07, 6.45) is 0. The SMILES string of the molecule is CN(Cc1cccc2ccccc12)C(=O)CS(=O)(=O)c1ccc(Cl)cc1. The Hall–Kier alpha value is -2.37. The molecule has 0 fully saturated rings. The van der Waals surface area contributed by atoms with Gasteiger partial charge in [0.05, 0.1) is 4.90 Å². The van der Waals surface area contributed by atoms with Gasteiger partial charge in [0.2, 0.25) is 5.91 Å². The average Bonchev–Trinajstić information content (AvgIpc) is 2.62. The molecule has 0 radical (unpaired) electrons. The molecular formula is C20H18ClNO3S. The third-order valence-electron chi connectivity index (χ3n) is 4.20. The van der Waals surface area contributed by atoms with Gasteiger partial charge in [-0.05, 0) is 40.6 Å². The van der Waals surface area contributed by atoms with Gasteiger partial charge in [-0.25, -0.2) is 8.42 Å². The topological polar surface area (TPSA) is 54.5 Å². The first kappa shape index (κ1) is 18.4. The van der Waals surface area contributed by atoms with Gasteiger partial charge in [-0.2, -0.15) is 0 Å². The van der Waals surface area contributed by atoms with Gasteiger partial charge in [-0.15, -0.1) is 0 Å². The lowest BCUT2D eigenvalue weighted by atomic mass is 10.0. The molecule has 0 saturated carbocycles. The third kappa shape index (κ3) is 4.06. The molecule has 3 aromatic carbocycles. The van der Waals surface area contributed by atoms with Crippen LogP contribution in [0.15, 0.2) is 71.6 Å². The molecule has 4 nitrogen and oxygen atoms in total. The number of carbonyl (C=O) groups is 1. The predicted molar refractivity (Wildman–Crippen MR) is 104 cm³/mol. The Kier molecular flexibility index (Phi) is 5.30. The number of rotatable bonds is 5. The minimum absolute atomic E-state index is 0.0915. The second-order valence-corrected chi connectivity index (χ2v) is 8.53. The minimum atomic E-state index is -3.71. The maximum Gasteiger partial charge on any atom is 0.238 e. The molecule has 3 rings (SSSR count). The summed E-state index contributed by atoms with van der Waals surface area (Å²) in [6, 6.07) is 19.6. The summed E-state index contributed by atoms with van der Waals surface area (Å²) < 4.78 is 24.9. The van der Waals surface area contributed by atoms with Gasteiger partial charge in [0.15, 0.2) is 9.84 Å². The van der Waals surface area contributed by atoms with Crippen molar-refractivity contribution in [3.05, 3.63) is 77.3 Å². The first-order valence-electron chi connectivity index (χ1n) is 8.06. The summed E-state index contributed by atoms with van der Waals surface area (Å²) in [6.45, 7) is 0.344. The van der Waals surface area contributed by atoms with Crippen LogP contribution in [-0.4, -0.2) is 32.0 Å². The largest absolute Gasteiger partial charge is 0.341 e. The molecule has 1 amide bonds. The van der Waals surface area contributed by atoms with E-state index >= 15 is 0 Å². The Bertz CT molecular complexity index is 1040. The van der Waals surface area contributed by atoms with Gasteiger partial charge < -0.3 is 4.90 Å². The summed E-state index contributed by atoms with van der Waals surface area (Å²) in [5.74, 6) is -1.02. The average molecular weight is 388 g/mol. The molecule has 134 valence electrons. The fourth-order valence-corrected chi connectivity index (χ4v) is 4.16. The third-order valence-corrected chi connectivity index (χ3v) is 6.07. The van der Waals surface area contributed by atoms with Gasteiger partial charge in [-0.1, -0.05) is 54.1 Å². The molecule has 0 saturated heterocycles. The van der Waals surface area contributed by atoms with Crippen LogP contribution in [-0.2, 0) is 21.2 Å². The van der Waals surface area contributed by atoms with Crippen LogP contribution in [0.5, 0.6) is 0 Å². The van der Waals surface area contributed by atoms with E-state index in [4.69, 9.17) is 11.6 Å². The highest BCUT2D eigenvalue weighted by Crippen LogP contribution is 2.20. The van der Waals surface area contributed by atoms with E-state index in [-0.39, 0.29) is 4.90 Å². The number of hydrogen-bond donors (Lipinski definition) is 0. The first-order valence-corrected chi connectivity index (χ1v) is 10.1. The minimum Gasteiger partial charge on any atom is -0.341 e. The predicted octanol–water partition coefficient (Wildman–Crippen LogP) is 3.93. The molecule has 26 heavy (non-hydrogen) atoms. The van der Waals surface area contributed by atoms with Gasteiger partial charge in [-0.3, -0.25) is 4.79 Å². The molecule has 0 heterocycles. The van der Waals surface area contributed by atoms with E-state index in [9.17, 15) is 13.2 Å². The van der Waals surface area contributed by atoms with Crippen LogP contribution in [0.2, 0.25) is 5.02 Å². The Morgan fingerprint density at radius 1 is 0.962 bits per heavy atom. The van der Waals surface area contributed by atoms with Crippen molar-refractivity contribution in [3.8, 4) is 0 Å². The number of fused-ring (bicyclic) bond motifs is 1. The first-order chi connectivity index (χ1) is 12.4. The highest BCUT2D eigenvalue weighted by molar-refractivity contribution is 7.92. The zero-order chi connectivity index (χ0) is 18.7. The van der Waals surface area contributed by atoms with Crippen molar-refractivity contribution in [3.63, 3.8) is 0 Å². The van der Waals surface area contributed by atoms with E-state index in [2.05, 4.69) is 0 Å². The second-order valence-electron chi connectivity index (χ2n) is 6.10. The molecular weight excluding hydrogens is 370 g/mol. The quantitative estimate of drug-likeness (QED) is 0.666. The van der Waals surface area contributed by atoms with Gasteiger partial charge in [0, 0.05) is 18.6 Å². The van der Waals surface area contributed by atoms with Crippen molar-refractivity contribution in [2.45, 2.75) is 11.4 Å². The molecule has 6 heteroatoms. The maximum absolute atomic E-state index is 12.5. The molecule has 0 N–H and O–H groups in total. The molecule has 0 unspecified atom stereocenters. The maximum atomic E-state index is 12.5. The molecule has 0 aromatic heterocycles. The van der Waals surface area contributed by atoms with Crippen molar-refractivity contribution in [2.75, 3.05) is 12.8 Å². The summed E-state index contributed by atoms with van der Waals surface area (Å²) in [4.78, 5) is 14.0. The summed E-state index contributed by atoms with van der Waals surface area (Å²) in [5, 5.41) is 2.58. The second kappa shape index (κ2) is 7.48. The van der Waals surface area contributed by atoms with Gasteiger partial charge in [0.25, 0.3) is 0 Å². The molecule has 3 aromatic rings. The lowest BCUT2D eigenvalue weighted by Gasteiger charge is -2.18. The van der Waals surface area contributed by atoms with Gasteiger partial charge in [0.1, 0.15) is 5.75 Å². The van der Waals surface area contributed by atoms with Crippen molar-refractivity contribution in [1.29, 1.82) is 0 Å². The van der Waals surface area contributed by atoms with E-state index in [0.717, 1.165) is 16.3 Å². The molecule has 0 spiro atoms. The van der Waals surface area contributed by atoms with Crippen LogP contribution in [0, 0.1) is 0 Å². The Balaban J connectivity index is 1.76. The van der Waals surface area contributed by atoms with Crippen molar-refractivity contribution >= 4 is 38.1 Å². The Morgan fingerprint density at radius 2 is 1.62 bits per heavy atom. The van der Waals surface area contributed by atoms with Crippen LogP contribution in [0.3, 0.4) is 0 Å². The summed E-state index contributed by atoms with van der Waals surface area (Å²) in [7, 11) is -2.09. The fourth-order valence-electron chi connectivity index (χ4n) is 2.77. The number of amides is 1. The summed E-state index contributed by atoms with van der Waals surface area (Å²) >= 11 is 5.79. The van der Waals surface area contributed by atoms with E-state index in [1.165, 1.54) is 29.2 Å². The van der Waals surface area contributed by atoms with Crippen LogP contribution >= 0.6 is 11.6 Å². The van der Waals surface area contributed by atoms with Crippen LogP contribution in [0.1, 0.15) is 5.56 Å². The number of carbonyl (C=O) groups excluding carboxylic acids is 1. The molecule has 0 aliphatic carbocycles. The number of sulfone groups is 1. The standard InChI is InChI=1S/C20H18ClNO3S/c1-22(13-16-7-4-6-15-5-2-3-8-19(15)16)20(23)14-26(24,25)18-11-9-17(21)10-12-18/h2-12H,13-14H2,1H3. The van der Waals surface area contributed by atoms with E-state index in [1.54, 1.807) is 7.05 Å². The molecule has 0 bridgehead atoms. The summed E-state index contributed by atoms with van der Waals surface area (Å²) in [5.41, 5.74) is 0.975. The lowest BCUT2D eigenvalue weighted by molar-refractivity contribution is -0.127. The molecule has 0 aliphatic heterocycles. The Morgan fingerprint density at radius 3 is 2.35 bits per heavy atom. The molecule has 0 atom stereocenters. The smallest absolute Gasteiger partial charge is 0.238 e. The number of hydrogen-bond acceptors (Lipinski definition) is 3. The zero-order valence-corrected chi connectivity index (χ0v) is 15.8. The van der Waals surface area contributed by atoms with Crippen LogP contribution in [0.4, 0.5) is 0 Å². The fraction of sp³-hybridized carbons (Fsp3) is 0.150. The van der Waals surface area contributed by atoms with Crippen LogP contribution < -0.4 is 0 Å². The number of nitrogens with zero attached hydrogens (tertiary/aromatic N) is 1. The van der Waals surface area contributed by atoms with Crippen molar-refractivity contribution < 1.29 is 13.2 Å². The van der Waals surface area contributed by atoms with Crippen LogP contribution in [0.25, 0.3) is 10.8 Å². The monoisotopic (exact) mass is 387 g/mol. The zero-order valence-electron chi connectivity index (χ0n) is 14.2. The normalized spacial score (nSPS) is 11.5. The van der Waals surface area contributed by atoms with Crippen molar-refractivity contribution in [2.24, 2.45) is 0 Å². The Labute approximate surface area is 157 Å². The van der Waals surface area contributed by atoms with E-state index < -0.39 is 21.5 Å². The molecule has 0 aliphatic rings. The van der Waals surface area contributed by atoms with Crippen molar-refractivity contribution in [1.82, 2.24) is 4.90 Å². The number of halogens is 1. The van der Waals surface area contributed by atoms with E-state index in [1.807, 2.05) is 42.5 Å². The number of benzene rings is 3. The van der Waals surface area contributed by atoms with E-state index in [0.29, 0.717) is 11.6 Å². The lowest BCUT2D eigenvalue weighted by Crippen LogP contribution is -2.32. The highest BCUT2D eigenvalue weighted by atomic mass is 35.5. The highest BCUT2D eigenvalue weighted by Gasteiger charge is 2.22. The van der Waals surface area contributed by atoms with Gasteiger partial charge >= 0.3 is 0 Å².